The predicted octanol–water partition coefficient (Wildman–Crippen LogP) is 6.50. The second-order valence-corrected chi connectivity index (χ2v) is 7.39. The first-order chi connectivity index (χ1) is 12.1. The summed E-state index contributed by atoms with van der Waals surface area (Å²) in [5.74, 6) is 0.241. The van der Waals surface area contributed by atoms with Crippen LogP contribution in [0.4, 0.5) is 0 Å². The average Bonchev–Trinajstić information content (AvgIpc) is 2.61. The van der Waals surface area contributed by atoms with Gasteiger partial charge in [-0.3, -0.25) is 0 Å². The van der Waals surface area contributed by atoms with Gasteiger partial charge < -0.3 is 0 Å². The van der Waals surface area contributed by atoms with Crippen LogP contribution in [0.25, 0.3) is 0 Å². The zero-order chi connectivity index (χ0) is 18.8. The van der Waals surface area contributed by atoms with E-state index in [1.165, 1.54) is 38.5 Å². The van der Waals surface area contributed by atoms with Crippen molar-refractivity contribution in [2.45, 2.75) is 104 Å². The van der Waals surface area contributed by atoms with Crippen LogP contribution < -0.4 is 0 Å². The first-order valence-corrected chi connectivity index (χ1v) is 11.0. The van der Waals surface area contributed by atoms with Crippen molar-refractivity contribution in [3.05, 3.63) is 0 Å². The average molecular weight is 379 g/mol. The number of thiol groups is 1. The van der Waals surface area contributed by atoms with Crippen LogP contribution in [0.2, 0.25) is 0 Å². The molecule has 1 unspecified atom stereocenters. The highest BCUT2D eigenvalue weighted by Crippen LogP contribution is 2.33. The number of hydrogen-bond acceptors (Lipinski definition) is 5. The molecule has 0 aromatic rings. The van der Waals surface area contributed by atoms with E-state index < -0.39 is 5.79 Å². The summed E-state index contributed by atoms with van der Waals surface area (Å²) >= 11 is 4.37. The predicted molar refractivity (Wildman–Crippen MR) is 108 cm³/mol. The molecule has 0 spiro atoms. The van der Waals surface area contributed by atoms with Crippen LogP contribution in [-0.2, 0) is 19.6 Å². The summed E-state index contributed by atoms with van der Waals surface area (Å²) in [6, 6.07) is 0. The lowest BCUT2D eigenvalue weighted by Crippen LogP contribution is -2.41. The third kappa shape index (κ3) is 13.1. The van der Waals surface area contributed by atoms with Gasteiger partial charge in [-0.15, -0.1) is 0 Å². The molecule has 0 rings (SSSR count). The third-order valence-electron chi connectivity index (χ3n) is 4.38. The zero-order valence-electron chi connectivity index (χ0n) is 17.1. The molecule has 0 aromatic carbocycles. The molecule has 1 atom stereocenters. The largest absolute Gasteiger partial charge is 0.234 e. The van der Waals surface area contributed by atoms with Crippen molar-refractivity contribution < 1.29 is 19.6 Å². The molecule has 25 heavy (non-hydrogen) atoms. The number of rotatable bonds is 19. The molecule has 0 saturated heterocycles. The molecule has 152 valence electrons. The molecule has 0 saturated carbocycles. The van der Waals surface area contributed by atoms with Crippen molar-refractivity contribution in [1.29, 1.82) is 0 Å². The molecule has 0 aromatic heterocycles. The Kier molecular flexibility index (Phi) is 17.7. The van der Waals surface area contributed by atoms with Crippen LogP contribution in [0, 0.1) is 5.92 Å². The van der Waals surface area contributed by atoms with Gasteiger partial charge in [-0.25, -0.2) is 9.78 Å². The highest BCUT2D eigenvalue weighted by atomic mass is 32.1. The van der Waals surface area contributed by atoms with Crippen molar-refractivity contribution in [3.8, 4) is 0 Å². The lowest BCUT2D eigenvalue weighted by atomic mass is 9.89. The van der Waals surface area contributed by atoms with Gasteiger partial charge in [0, 0.05) is 5.92 Å². The van der Waals surface area contributed by atoms with Crippen molar-refractivity contribution >= 4 is 12.6 Å². The van der Waals surface area contributed by atoms with E-state index in [9.17, 15) is 0 Å². The van der Waals surface area contributed by atoms with Crippen LogP contribution in [0.3, 0.4) is 0 Å². The Labute approximate surface area is 161 Å². The Hall–Kier alpha value is 0.190. The van der Waals surface area contributed by atoms with Gasteiger partial charge in [0.1, 0.15) is 0 Å². The van der Waals surface area contributed by atoms with Gasteiger partial charge in [-0.05, 0) is 44.8 Å². The topological polar surface area (TPSA) is 36.9 Å². The minimum atomic E-state index is -0.864. The number of hydrogen-bond donors (Lipinski definition) is 1. The molecule has 4 nitrogen and oxygen atoms in total. The molecule has 0 aliphatic carbocycles. The van der Waals surface area contributed by atoms with Gasteiger partial charge in [0.15, 0.2) is 0 Å². The summed E-state index contributed by atoms with van der Waals surface area (Å²) < 4.78 is 0. The van der Waals surface area contributed by atoms with E-state index in [2.05, 4.69) is 33.4 Å². The van der Waals surface area contributed by atoms with Gasteiger partial charge in [0.2, 0.25) is 5.79 Å². The molecule has 0 fully saturated rings. The maximum absolute atomic E-state index is 5.70. The van der Waals surface area contributed by atoms with Crippen molar-refractivity contribution in [3.63, 3.8) is 0 Å². The van der Waals surface area contributed by atoms with Gasteiger partial charge in [-0.2, -0.15) is 22.4 Å². The molecular weight excluding hydrogens is 336 g/mol. The Morgan fingerprint density at radius 2 is 1.24 bits per heavy atom. The van der Waals surface area contributed by atoms with Gasteiger partial charge in [0.25, 0.3) is 0 Å². The highest BCUT2D eigenvalue weighted by molar-refractivity contribution is 7.80. The smallest absolute Gasteiger partial charge is 0.233 e. The first-order valence-electron chi connectivity index (χ1n) is 10.4. The van der Waals surface area contributed by atoms with Crippen molar-refractivity contribution in [2.24, 2.45) is 5.92 Å². The fourth-order valence-electron chi connectivity index (χ4n) is 2.81. The van der Waals surface area contributed by atoms with Gasteiger partial charge in [-0.1, -0.05) is 59.3 Å². The Morgan fingerprint density at radius 3 is 1.76 bits per heavy atom. The minimum Gasteiger partial charge on any atom is -0.234 e. The molecule has 0 aliphatic rings. The summed E-state index contributed by atoms with van der Waals surface area (Å²) in [6.07, 6.45) is 12.6. The lowest BCUT2D eigenvalue weighted by Gasteiger charge is -2.34. The highest BCUT2D eigenvalue weighted by Gasteiger charge is 2.39. The lowest BCUT2D eigenvalue weighted by molar-refractivity contribution is -0.519. The van der Waals surface area contributed by atoms with E-state index in [1.54, 1.807) is 0 Å². The molecule has 0 aliphatic heterocycles. The Balaban J connectivity index is 4.61. The molecule has 0 amide bonds. The summed E-state index contributed by atoms with van der Waals surface area (Å²) in [5.41, 5.74) is 0. The quantitative estimate of drug-likeness (QED) is 0.0915. The van der Waals surface area contributed by atoms with Crippen LogP contribution in [0.15, 0.2) is 0 Å². The normalized spacial score (nSPS) is 13.3. The summed E-state index contributed by atoms with van der Waals surface area (Å²) in [5, 5.41) is 0. The van der Waals surface area contributed by atoms with Gasteiger partial charge in [0.05, 0.1) is 13.2 Å². The minimum absolute atomic E-state index is 0.236. The van der Waals surface area contributed by atoms with E-state index >= 15 is 0 Å². The van der Waals surface area contributed by atoms with E-state index in [1.807, 2.05) is 6.92 Å². The van der Waals surface area contributed by atoms with Gasteiger partial charge >= 0.3 is 0 Å². The molecule has 0 heterocycles. The monoisotopic (exact) mass is 378 g/mol. The summed E-state index contributed by atoms with van der Waals surface area (Å²) in [7, 11) is 0. The Morgan fingerprint density at radius 1 is 0.720 bits per heavy atom. The van der Waals surface area contributed by atoms with Crippen LogP contribution in [0.5, 0.6) is 0 Å². The van der Waals surface area contributed by atoms with E-state index in [0.717, 1.165) is 37.9 Å². The SMILES string of the molecule is CCCCCCCCC(CCCS)C(C)(OOCCC)OOCCC. The molecule has 0 N–H and O–H groups in total. The van der Waals surface area contributed by atoms with E-state index in [-0.39, 0.29) is 5.92 Å². The summed E-state index contributed by atoms with van der Waals surface area (Å²) in [4.78, 5) is 22.1. The fraction of sp³-hybridized carbons (Fsp3) is 1.00. The van der Waals surface area contributed by atoms with Crippen LogP contribution >= 0.6 is 12.6 Å². The first kappa shape index (κ1) is 25.2. The van der Waals surface area contributed by atoms with Crippen LogP contribution in [-0.4, -0.2) is 24.8 Å². The molecule has 5 heteroatoms. The standard InChI is InChI=1S/C20H42O4S/c1-5-8-9-10-11-12-14-19(15-13-18-25)20(4,23-21-16-6-2)24-22-17-7-3/h19,25H,5-18H2,1-4H3. The second-order valence-electron chi connectivity index (χ2n) is 6.95. The summed E-state index contributed by atoms with van der Waals surface area (Å²) in [6.45, 7) is 9.43. The molecule has 0 radical (unpaired) electrons. The van der Waals surface area contributed by atoms with Crippen LogP contribution in [0.1, 0.15) is 98.3 Å². The maximum atomic E-state index is 5.70. The van der Waals surface area contributed by atoms with Crippen molar-refractivity contribution in [1.82, 2.24) is 0 Å². The third-order valence-corrected chi connectivity index (χ3v) is 4.70. The second kappa shape index (κ2) is 17.6. The zero-order valence-corrected chi connectivity index (χ0v) is 18.0. The number of unbranched alkanes of at least 4 members (excludes halogenated alkanes) is 5. The molecule has 0 bridgehead atoms. The fourth-order valence-corrected chi connectivity index (χ4v) is 2.99. The molecular formula is C20H42O4S. The Bertz CT molecular complexity index is 266. The van der Waals surface area contributed by atoms with Crippen molar-refractivity contribution in [2.75, 3.05) is 19.0 Å². The van der Waals surface area contributed by atoms with E-state index in [4.69, 9.17) is 19.6 Å². The maximum Gasteiger partial charge on any atom is 0.233 e. The van der Waals surface area contributed by atoms with E-state index in [0.29, 0.717) is 13.2 Å².